The quantitative estimate of drug-likeness (QED) is 0.561. The Hall–Kier alpha value is -3.95. The Bertz CT molecular complexity index is 1320. The van der Waals surface area contributed by atoms with Gasteiger partial charge in [0.15, 0.2) is 5.52 Å². The molecule has 3 aromatic rings. The Morgan fingerprint density at radius 3 is 2.32 bits per heavy atom. The van der Waals surface area contributed by atoms with Gasteiger partial charge in [0.05, 0.1) is 18.7 Å². The minimum atomic E-state index is -0.565. The van der Waals surface area contributed by atoms with Crippen molar-refractivity contribution in [2.45, 2.75) is 26.9 Å². The molecule has 2 aromatic heterocycles. The van der Waals surface area contributed by atoms with E-state index in [4.69, 9.17) is 4.74 Å². The Labute approximate surface area is 196 Å². The molecule has 0 unspecified atom stereocenters. The van der Waals surface area contributed by atoms with E-state index >= 15 is 0 Å². The molecule has 3 heterocycles. The summed E-state index contributed by atoms with van der Waals surface area (Å²) >= 11 is 0. The molecule has 4 rings (SSSR count). The number of piperazine rings is 1. The number of ether oxygens (including phenoxy) is 1. The van der Waals surface area contributed by atoms with Crippen LogP contribution in [0.4, 0.5) is 4.79 Å². The summed E-state index contributed by atoms with van der Waals surface area (Å²) in [5.74, 6) is -0.267. The number of hydrogen-bond acceptors (Lipinski definition) is 6. The van der Waals surface area contributed by atoms with Gasteiger partial charge >= 0.3 is 11.8 Å². The second kappa shape index (κ2) is 9.90. The third-order valence-electron chi connectivity index (χ3n) is 5.90. The highest BCUT2D eigenvalue weighted by Gasteiger charge is 2.26. The van der Waals surface area contributed by atoms with Crippen LogP contribution >= 0.6 is 0 Å². The van der Waals surface area contributed by atoms with Gasteiger partial charge in [-0.3, -0.25) is 18.7 Å². The van der Waals surface area contributed by atoms with E-state index in [-0.39, 0.29) is 24.5 Å². The minimum absolute atomic E-state index is 0.0802. The lowest BCUT2D eigenvalue weighted by Gasteiger charge is -2.34. The molecule has 1 saturated heterocycles. The van der Waals surface area contributed by atoms with Crippen LogP contribution < -0.4 is 11.2 Å². The van der Waals surface area contributed by atoms with Gasteiger partial charge < -0.3 is 14.5 Å². The maximum absolute atomic E-state index is 13.4. The number of fused-ring (bicyclic) bond motifs is 1. The molecule has 0 radical (unpaired) electrons. The van der Waals surface area contributed by atoms with Gasteiger partial charge in [0.25, 0.3) is 5.56 Å². The molecular formula is C24H27N5O5. The number of aryl methyl sites for hydroxylation is 1. The summed E-state index contributed by atoms with van der Waals surface area (Å²) in [4.78, 5) is 58.8. The molecule has 0 N–H and O–H groups in total. The predicted octanol–water partition coefficient (Wildman–Crippen LogP) is 1.22. The van der Waals surface area contributed by atoms with Crippen molar-refractivity contribution in [3.63, 3.8) is 0 Å². The van der Waals surface area contributed by atoms with E-state index in [2.05, 4.69) is 4.98 Å². The number of benzene rings is 1. The van der Waals surface area contributed by atoms with Gasteiger partial charge in [0.2, 0.25) is 5.91 Å². The van der Waals surface area contributed by atoms with Crippen molar-refractivity contribution in [1.82, 2.24) is 23.9 Å². The molecule has 1 aromatic carbocycles. The number of carbonyl (C=O) groups is 2. The van der Waals surface area contributed by atoms with Crippen molar-refractivity contribution in [2.24, 2.45) is 0 Å². The summed E-state index contributed by atoms with van der Waals surface area (Å²) in [5.41, 5.74) is 1.26. The highest BCUT2D eigenvalue weighted by atomic mass is 16.6. The third-order valence-corrected chi connectivity index (χ3v) is 5.90. The van der Waals surface area contributed by atoms with Gasteiger partial charge in [-0.25, -0.2) is 14.6 Å². The molecule has 0 atom stereocenters. The van der Waals surface area contributed by atoms with Crippen molar-refractivity contribution in [3.05, 3.63) is 74.6 Å². The van der Waals surface area contributed by atoms with Gasteiger partial charge in [-0.15, -0.1) is 0 Å². The summed E-state index contributed by atoms with van der Waals surface area (Å²) < 4.78 is 7.44. The molecule has 0 aliphatic carbocycles. The van der Waals surface area contributed by atoms with Crippen molar-refractivity contribution < 1.29 is 14.3 Å². The third kappa shape index (κ3) is 4.70. The zero-order chi connectivity index (χ0) is 24.2. The van der Waals surface area contributed by atoms with E-state index < -0.39 is 17.3 Å². The number of nitrogens with zero attached hydrogens (tertiary/aromatic N) is 5. The summed E-state index contributed by atoms with van der Waals surface area (Å²) in [6.45, 7) is 5.24. The molecule has 10 heteroatoms. The lowest BCUT2D eigenvalue weighted by atomic mass is 10.1. The molecule has 0 spiro atoms. The van der Waals surface area contributed by atoms with E-state index in [1.807, 2.05) is 31.2 Å². The van der Waals surface area contributed by atoms with Crippen LogP contribution in [0.25, 0.3) is 11.0 Å². The summed E-state index contributed by atoms with van der Waals surface area (Å²) in [6.07, 6.45) is 1.09. The second-order valence-electron chi connectivity index (χ2n) is 8.18. The largest absolute Gasteiger partial charge is 0.450 e. The number of amides is 2. The maximum Gasteiger partial charge on any atom is 0.409 e. The molecule has 0 bridgehead atoms. The number of carbonyl (C=O) groups excluding carboxylic acids is 2. The predicted molar refractivity (Wildman–Crippen MR) is 126 cm³/mol. The fourth-order valence-corrected chi connectivity index (χ4v) is 4.00. The average Bonchev–Trinajstić information content (AvgIpc) is 2.85. The van der Waals surface area contributed by atoms with Crippen molar-refractivity contribution >= 4 is 23.0 Å². The Kier molecular flexibility index (Phi) is 6.76. The highest BCUT2D eigenvalue weighted by Crippen LogP contribution is 2.10. The number of pyridine rings is 1. The summed E-state index contributed by atoms with van der Waals surface area (Å²) in [6, 6.07) is 10.8. The normalized spacial score (nSPS) is 13.8. The lowest BCUT2D eigenvalue weighted by Crippen LogP contribution is -2.52. The summed E-state index contributed by atoms with van der Waals surface area (Å²) in [7, 11) is 0. The molecule has 1 fully saturated rings. The molecule has 10 nitrogen and oxygen atoms in total. The average molecular weight is 466 g/mol. The van der Waals surface area contributed by atoms with Crippen molar-refractivity contribution in [2.75, 3.05) is 32.8 Å². The number of hydrogen-bond donors (Lipinski definition) is 0. The van der Waals surface area contributed by atoms with Crippen LogP contribution in [0.1, 0.15) is 18.1 Å². The van der Waals surface area contributed by atoms with E-state index in [0.717, 1.165) is 15.7 Å². The number of aromatic nitrogens is 3. The fourth-order valence-electron chi connectivity index (χ4n) is 4.00. The van der Waals surface area contributed by atoms with Crippen molar-refractivity contribution in [1.29, 1.82) is 0 Å². The van der Waals surface area contributed by atoms with E-state index in [1.165, 1.54) is 10.8 Å². The molecule has 34 heavy (non-hydrogen) atoms. The van der Waals surface area contributed by atoms with E-state index in [9.17, 15) is 19.2 Å². The van der Waals surface area contributed by atoms with Crippen LogP contribution in [0, 0.1) is 6.92 Å². The first kappa shape index (κ1) is 23.2. The molecule has 178 valence electrons. The Morgan fingerprint density at radius 1 is 0.971 bits per heavy atom. The molecule has 1 aliphatic heterocycles. The lowest BCUT2D eigenvalue weighted by molar-refractivity contribution is -0.133. The van der Waals surface area contributed by atoms with Crippen LogP contribution in [0.15, 0.2) is 52.2 Å². The molecule has 1 aliphatic rings. The first-order valence-electron chi connectivity index (χ1n) is 11.2. The topological polar surface area (TPSA) is 107 Å². The smallest absolute Gasteiger partial charge is 0.409 e. The minimum Gasteiger partial charge on any atom is -0.450 e. The second-order valence-corrected chi connectivity index (χ2v) is 8.18. The van der Waals surface area contributed by atoms with E-state index in [0.29, 0.717) is 38.3 Å². The zero-order valence-corrected chi connectivity index (χ0v) is 19.3. The highest BCUT2D eigenvalue weighted by molar-refractivity contribution is 5.80. The van der Waals surface area contributed by atoms with Crippen LogP contribution in [0.3, 0.4) is 0 Å². The first-order chi connectivity index (χ1) is 16.4. The molecular weight excluding hydrogens is 438 g/mol. The monoisotopic (exact) mass is 465 g/mol. The van der Waals surface area contributed by atoms with Gasteiger partial charge in [0.1, 0.15) is 6.54 Å². The Balaban J connectivity index is 1.61. The van der Waals surface area contributed by atoms with Gasteiger partial charge in [-0.05, 0) is 31.5 Å². The van der Waals surface area contributed by atoms with E-state index in [1.54, 1.807) is 28.9 Å². The zero-order valence-electron chi connectivity index (χ0n) is 19.3. The maximum atomic E-state index is 13.4. The van der Waals surface area contributed by atoms with Gasteiger partial charge in [-0.1, -0.05) is 29.8 Å². The van der Waals surface area contributed by atoms with Gasteiger partial charge in [-0.2, -0.15) is 0 Å². The SMILES string of the molecule is CCOC(=O)N1CCN(C(=O)Cn2c(=O)n(Cc3ccc(C)cc3)c(=O)c3ncccc32)CC1. The van der Waals surface area contributed by atoms with Crippen LogP contribution in [0.5, 0.6) is 0 Å². The van der Waals surface area contributed by atoms with Crippen molar-refractivity contribution in [3.8, 4) is 0 Å². The van der Waals surface area contributed by atoms with Crippen LogP contribution in [-0.4, -0.2) is 68.7 Å². The van der Waals surface area contributed by atoms with Gasteiger partial charge in [0, 0.05) is 32.4 Å². The Morgan fingerprint density at radius 2 is 1.65 bits per heavy atom. The first-order valence-corrected chi connectivity index (χ1v) is 11.2. The van der Waals surface area contributed by atoms with Crippen LogP contribution in [-0.2, 0) is 22.6 Å². The molecule has 2 amide bonds. The number of rotatable bonds is 5. The fraction of sp³-hybridized carbons (Fsp3) is 0.375. The summed E-state index contributed by atoms with van der Waals surface area (Å²) in [5, 5.41) is 0. The standard InChI is InChI=1S/C24H27N5O5/c1-3-34-24(33)27-13-11-26(12-14-27)20(30)16-28-19-5-4-10-25-21(19)22(31)29(23(28)32)15-18-8-6-17(2)7-9-18/h4-10H,3,11-16H2,1-2H3. The molecule has 0 saturated carbocycles. The van der Waals surface area contributed by atoms with Crippen LogP contribution in [0.2, 0.25) is 0 Å².